The number of aromatic nitrogens is 2. The summed E-state index contributed by atoms with van der Waals surface area (Å²) in [6.45, 7) is 9.38. The van der Waals surface area contributed by atoms with E-state index in [0.29, 0.717) is 47.9 Å². The maximum atomic E-state index is 14.3. The average Bonchev–Trinajstić information content (AvgIpc) is 3.89. The Morgan fingerprint density at radius 3 is 2.49 bits per heavy atom. The van der Waals surface area contributed by atoms with Gasteiger partial charge in [0.05, 0.1) is 33.2 Å². The lowest BCUT2D eigenvalue weighted by molar-refractivity contribution is -0.384. The van der Waals surface area contributed by atoms with Crippen LogP contribution in [0.2, 0.25) is 0 Å². The van der Waals surface area contributed by atoms with Crippen molar-refractivity contribution < 1.29 is 32.7 Å². The minimum absolute atomic E-state index is 0.0102. The van der Waals surface area contributed by atoms with Gasteiger partial charge in [-0.1, -0.05) is 38.1 Å². The maximum absolute atomic E-state index is 14.3. The van der Waals surface area contributed by atoms with Crippen LogP contribution in [0, 0.1) is 21.4 Å². The largest absolute Gasteiger partial charge is 0.489 e. The number of pyridine rings is 1. The molecular weight excluding hydrogens is 895 g/mol. The molecule has 2 saturated heterocycles. The molecule has 6 aliphatic rings. The molecular formula is C53H63N7O8S. The molecule has 1 spiro atoms. The molecule has 0 unspecified atom stereocenters. The zero-order chi connectivity index (χ0) is 47.8. The smallest absolute Gasteiger partial charge is 0.297 e. The molecule has 15 nitrogen and oxygen atoms in total. The molecule has 364 valence electrons. The van der Waals surface area contributed by atoms with Crippen molar-refractivity contribution in [3.63, 3.8) is 0 Å². The summed E-state index contributed by atoms with van der Waals surface area (Å²) in [5.41, 5.74) is 4.86. The van der Waals surface area contributed by atoms with Crippen LogP contribution in [-0.2, 0) is 10.0 Å². The molecule has 5 heterocycles. The molecule has 3 aliphatic carbocycles. The number of anilines is 2. The third kappa shape index (κ3) is 8.92. The first-order chi connectivity index (χ1) is 33.1. The Hall–Kier alpha value is -5.71. The van der Waals surface area contributed by atoms with Crippen LogP contribution in [0.5, 0.6) is 17.2 Å². The fourth-order valence-corrected chi connectivity index (χ4v) is 13.3. The summed E-state index contributed by atoms with van der Waals surface area (Å²) in [4.78, 5) is 38.6. The lowest BCUT2D eigenvalue weighted by Crippen LogP contribution is -2.54. The predicted molar refractivity (Wildman–Crippen MR) is 264 cm³/mol. The van der Waals surface area contributed by atoms with E-state index in [0.717, 1.165) is 80.9 Å². The lowest BCUT2D eigenvalue weighted by Gasteiger charge is -2.56. The van der Waals surface area contributed by atoms with E-state index in [9.17, 15) is 28.4 Å². The molecule has 4 N–H and O–H groups in total. The highest BCUT2D eigenvalue weighted by Gasteiger charge is 2.50. The van der Waals surface area contributed by atoms with E-state index in [2.05, 4.69) is 67.9 Å². The first-order valence-electron chi connectivity index (χ1n) is 25.0. The second kappa shape index (κ2) is 17.6. The summed E-state index contributed by atoms with van der Waals surface area (Å²) < 4.78 is 42.9. The quantitative estimate of drug-likeness (QED) is 0.0685. The number of carbonyl (C=O) groups excluding carboxylic acids is 1. The number of nitrogens with one attached hydrogen (secondary N) is 3. The van der Waals surface area contributed by atoms with Crippen LogP contribution >= 0.6 is 0 Å². The van der Waals surface area contributed by atoms with Gasteiger partial charge in [0.2, 0.25) is 0 Å². The fraction of sp³-hybridized carbons (Fsp3) is 0.509. The number of likely N-dealkylation sites (tertiary alicyclic amines) is 1. The van der Waals surface area contributed by atoms with E-state index >= 15 is 0 Å². The number of sulfonamides is 1. The second-order valence-corrected chi connectivity index (χ2v) is 23.2. The lowest BCUT2D eigenvalue weighted by atomic mass is 9.59. The number of nitro benzene ring substituents is 1. The van der Waals surface area contributed by atoms with Crippen molar-refractivity contribution in [1.29, 1.82) is 0 Å². The second-order valence-electron chi connectivity index (χ2n) is 21.5. The predicted octanol–water partition coefficient (Wildman–Crippen LogP) is 10.1. The SMILES string of the molecule is CC(C)c1ccccc1[C@@H]1CCCN1C1CC2(CCN(c3ccc(C(=O)NS(=O)(=O)c4cc5c(c([N+](=O)[O-])c4)N[C@@H]([C@H]4CC[C@](C)(O)CC4)CO5)c(Oc4cnc5[nH]cc(C6CC6)c5c4)c3)CC2)C1. The Bertz CT molecular complexity index is 2910. The van der Waals surface area contributed by atoms with Crippen molar-refractivity contribution in [3.8, 4) is 17.2 Å². The number of benzene rings is 3. The van der Waals surface area contributed by atoms with Gasteiger partial charge in [0.1, 0.15) is 23.8 Å². The Morgan fingerprint density at radius 2 is 1.75 bits per heavy atom. The van der Waals surface area contributed by atoms with Crippen LogP contribution in [0.15, 0.2) is 78.0 Å². The van der Waals surface area contributed by atoms with Crippen LogP contribution in [0.3, 0.4) is 0 Å². The number of piperidine rings is 1. The minimum Gasteiger partial charge on any atom is -0.489 e. The highest BCUT2D eigenvalue weighted by Crippen LogP contribution is 2.55. The normalized spacial score (nSPS) is 24.9. The summed E-state index contributed by atoms with van der Waals surface area (Å²) in [5.74, 6) is 0.677. The number of H-pyrrole nitrogens is 1. The molecule has 0 bridgehead atoms. The van der Waals surface area contributed by atoms with Crippen molar-refractivity contribution in [2.45, 2.75) is 138 Å². The monoisotopic (exact) mass is 957 g/mol. The van der Waals surface area contributed by atoms with Gasteiger partial charge in [-0.3, -0.25) is 19.8 Å². The van der Waals surface area contributed by atoms with Gasteiger partial charge in [0.15, 0.2) is 11.4 Å². The number of rotatable bonds is 12. The first-order valence-corrected chi connectivity index (χ1v) is 26.5. The molecule has 3 saturated carbocycles. The molecule has 1 amide bonds. The van der Waals surface area contributed by atoms with Gasteiger partial charge in [0.25, 0.3) is 21.6 Å². The summed E-state index contributed by atoms with van der Waals surface area (Å²) in [7, 11) is -4.67. The van der Waals surface area contributed by atoms with E-state index in [1.807, 2.05) is 25.3 Å². The topological polar surface area (TPSA) is 192 Å². The first kappa shape index (κ1) is 45.7. The van der Waals surface area contributed by atoms with Crippen molar-refractivity contribution in [1.82, 2.24) is 19.6 Å². The highest BCUT2D eigenvalue weighted by molar-refractivity contribution is 7.90. The standard InChI is InChI=1S/C53H63N7O8S/c1-32(2)39-7-4-5-8-40(39)45-9-6-20-59(45)36-27-53(28-36)18-21-58(22-19-53)35-12-13-41(47(23-35)68-37-24-42-43(33-10-11-33)30-55-50(42)54-29-37)51(61)57-69(65,66)38-25-46(60(63)64)49-48(26-38)67-31-44(56-49)34-14-16-52(3,62)17-15-34/h4-5,7-8,12-13,23-26,29-30,32-34,36,44-45,56,62H,6,9-11,14-22,27-28,31H2,1-3H3,(H,54,55)(H,57,61)/t34-,44-,45+,52-/m1/s1. The van der Waals surface area contributed by atoms with Crippen LogP contribution in [-0.4, -0.2) is 83.1 Å². The Labute approximate surface area is 403 Å². The molecule has 2 atom stereocenters. The number of aromatic amines is 1. The number of carbonyl (C=O) groups is 1. The van der Waals surface area contributed by atoms with Gasteiger partial charge in [-0.25, -0.2) is 18.1 Å². The number of aliphatic hydroxyl groups is 1. The maximum Gasteiger partial charge on any atom is 0.297 e. The summed E-state index contributed by atoms with van der Waals surface area (Å²) in [5, 5.41) is 27.1. The van der Waals surface area contributed by atoms with Gasteiger partial charge < -0.3 is 29.8 Å². The molecule has 0 radical (unpaired) electrons. The number of hydrogen-bond donors (Lipinski definition) is 4. The van der Waals surface area contributed by atoms with E-state index in [-0.39, 0.29) is 41.3 Å². The third-order valence-corrected chi connectivity index (χ3v) is 17.8. The zero-order valence-electron chi connectivity index (χ0n) is 39.7. The fourth-order valence-electron chi connectivity index (χ4n) is 12.3. The van der Waals surface area contributed by atoms with Gasteiger partial charge in [-0.15, -0.1) is 0 Å². The molecule has 2 aromatic heterocycles. The average molecular weight is 958 g/mol. The number of nitro groups is 1. The molecule has 5 fully saturated rings. The van der Waals surface area contributed by atoms with E-state index in [4.69, 9.17) is 9.47 Å². The molecule has 16 heteroatoms. The van der Waals surface area contributed by atoms with Crippen molar-refractivity contribution in [2.24, 2.45) is 11.3 Å². The highest BCUT2D eigenvalue weighted by atomic mass is 32.2. The zero-order valence-corrected chi connectivity index (χ0v) is 40.5. The van der Waals surface area contributed by atoms with Gasteiger partial charge in [-0.05, 0) is 149 Å². The van der Waals surface area contributed by atoms with Crippen molar-refractivity contribution >= 4 is 44.0 Å². The van der Waals surface area contributed by atoms with E-state index in [1.165, 1.54) is 48.4 Å². The molecule has 3 aromatic carbocycles. The Morgan fingerprint density at radius 1 is 0.986 bits per heavy atom. The van der Waals surface area contributed by atoms with Crippen LogP contribution in [0.25, 0.3) is 11.0 Å². The molecule has 11 rings (SSSR count). The summed E-state index contributed by atoms with van der Waals surface area (Å²) in [6.07, 6.45) is 15.4. The van der Waals surface area contributed by atoms with E-state index in [1.54, 1.807) is 18.3 Å². The summed E-state index contributed by atoms with van der Waals surface area (Å²) in [6, 6.07) is 19.1. The third-order valence-electron chi connectivity index (χ3n) is 16.5. The number of amides is 1. The number of ether oxygens (including phenoxy) is 2. The number of hydrogen-bond acceptors (Lipinski definition) is 12. The van der Waals surface area contributed by atoms with Gasteiger partial charge in [0, 0.05) is 60.6 Å². The summed E-state index contributed by atoms with van der Waals surface area (Å²) >= 11 is 0. The Kier molecular flexibility index (Phi) is 11.7. The van der Waals surface area contributed by atoms with Crippen molar-refractivity contribution in [2.75, 3.05) is 36.5 Å². The van der Waals surface area contributed by atoms with Gasteiger partial charge >= 0.3 is 0 Å². The minimum atomic E-state index is -4.67. The molecule has 3 aliphatic heterocycles. The van der Waals surface area contributed by atoms with Crippen LogP contribution < -0.4 is 24.4 Å². The number of fused-ring (bicyclic) bond motifs is 2. The van der Waals surface area contributed by atoms with E-state index < -0.39 is 37.0 Å². The van der Waals surface area contributed by atoms with Crippen LogP contribution in [0.4, 0.5) is 17.1 Å². The molecule has 5 aromatic rings. The molecule has 69 heavy (non-hydrogen) atoms. The van der Waals surface area contributed by atoms with Crippen LogP contribution in [0.1, 0.15) is 143 Å². The number of nitrogens with zero attached hydrogens (tertiary/aromatic N) is 4. The van der Waals surface area contributed by atoms with Gasteiger partial charge in [-0.2, -0.15) is 0 Å². The Balaban J connectivity index is 0.821. The van der Waals surface area contributed by atoms with Crippen molar-refractivity contribution in [3.05, 3.63) is 105 Å².